The maximum Gasteiger partial charge on any atom is 0.119 e. The van der Waals surface area contributed by atoms with Crippen molar-refractivity contribution in [3.63, 3.8) is 0 Å². The van der Waals surface area contributed by atoms with Gasteiger partial charge in [-0.3, -0.25) is 0 Å². The number of aliphatic hydroxyl groups is 1. The number of hydrogen-bond acceptors (Lipinski definition) is 4. The number of aromatic nitrogens is 3. The molecule has 0 radical (unpaired) electrons. The number of hydrogen-bond donors (Lipinski definition) is 1. The van der Waals surface area contributed by atoms with Crippen molar-refractivity contribution >= 4 is 0 Å². The summed E-state index contributed by atoms with van der Waals surface area (Å²) in [5.74, 6) is 6.32. The third-order valence-corrected chi connectivity index (χ3v) is 3.51. The summed E-state index contributed by atoms with van der Waals surface area (Å²) in [7, 11) is 1.65. The zero-order chi connectivity index (χ0) is 16.8. The van der Waals surface area contributed by atoms with Gasteiger partial charge in [-0.2, -0.15) is 0 Å². The fourth-order valence-electron chi connectivity index (χ4n) is 2.33. The van der Waals surface area contributed by atoms with Gasteiger partial charge in [-0.1, -0.05) is 41.3 Å². The molecule has 0 bridgehead atoms. The first-order valence-corrected chi connectivity index (χ1v) is 7.52. The Labute approximate surface area is 140 Å². The number of benzene rings is 2. The Kier molecular flexibility index (Phi) is 4.90. The molecule has 3 aromatic rings. The van der Waals surface area contributed by atoms with Crippen LogP contribution >= 0.6 is 0 Å². The van der Waals surface area contributed by atoms with Crippen LogP contribution in [0.25, 0.3) is 11.3 Å². The molecule has 0 aliphatic heterocycles. The number of ether oxygens (including phenoxy) is 1. The van der Waals surface area contributed by atoms with E-state index in [2.05, 4.69) is 22.2 Å². The van der Waals surface area contributed by atoms with Crippen LogP contribution in [0.2, 0.25) is 0 Å². The molecule has 1 heterocycles. The van der Waals surface area contributed by atoms with Crippen LogP contribution in [0, 0.1) is 11.8 Å². The van der Waals surface area contributed by atoms with Crippen LogP contribution in [0.15, 0.2) is 54.7 Å². The third kappa shape index (κ3) is 3.80. The second kappa shape index (κ2) is 7.44. The van der Waals surface area contributed by atoms with E-state index in [4.69, 9.17) is 9.84 Å². The van der Waals surface area contributed by atoms with Gasteiger partial charge < -0.3 is 9.84 Å². The predicted octanol–water partition coefficient (Wildman–Crippen LogP) is 2.35. The average Bonchev–Trinajstić information content (AvgIpc) is 3.09. The van der Waals surface area contributed by atoms with Gasteiger partial charge in [0.05, 0.1) is 19.9 Å². The van der Waals surface area contributed by atoms with Gasteiger partial charge in [0, 0.05) is 11.1 Å². The van der Waals surface area contributed by atoms with Gasteiger partial charge in [0.2, 0.25) is 0 Å². The zero-order valence-electron chi connectivity index (χ0n) is 13.3. The van der Waals surface area contributed by atoms with Crippen LogP contribution < -0.4 is 4.74 Å². The van der Waals surface area contributed by atoms with Crippen molar-refractivity contribution in [3.05, 3.63) is 65.9 Å². The summed E-state index contributed by atoms with van der Waals surface area (Å²) < 4.78 is 7.03. The van der Waals surface area contributed by atoms with E-state index in [1.54, 1.807) is 11.8 Å². The number of methoxy groups -OCH3 is 1. The minimum atomic E-state index is -0.139. The molecule has 120 valence electrons. The van der Waals surface area contributed by atoms with E-state index < -0.39 is 0 Å². The summed E-state index contributed by atoms with van der Waals surface area (Å²) >= 11 is 0. The Bertz CT molecular complexity index is 873. The molecule has 0 spiro atoms. The quantitative estimate of drug-likeness (QED) is 0.750. The molecule has 2 aromatic carbocycles. The first-order valence-electron chi connectivity index (χ1n) is 7.52. The summed E-state index contributed by atoms with van der Waals surface area (Å²) in [6, 6.07) is 15.6. The first-order chi connectivity index (χ1) is 11.8. The monoisotopic (exact) mass is 319 g/mol. The van der Waals surface area contributed by atoms with Gasteiger partial charge in [-0.25, -0.2) is 4.68 Å². The average molecular weight is 319 g/mol. The SMILES string of the molecule is COc1cccc(Cn2cc(-c3ccc(C#CCO)cc3)nn2)c1. The first kappa shape index (κ1) is 15.8. The highest BCUT2D eigenvalue weighted by atomic mass is 16.5. The summed E-state index contributed by atoms with van der Waals surface area (Å²) in [5, 5.41) is 17.1. The molecule has 24 heavy (non-hydrogen) atoms. The lowest BCUT2D eigenvalue weighted by Gasteiger charge is -2.03. The molecule has 0 fully saturated rings. The van der Waals surface area contributed by atoms with Crippen LogP contribution in [-0.4, -0.2) is 33.8 Å². The topological polar surface area (TPSA) is 60.2 Å². The van der Waals surface area contributed by atoms with Gasteiger partial charge in [0.1, 0.15) is 18.1 Å². The fraction of sp³-hybridized carbons (Fsp3) is 0.158. The Morgan fingerprint density at radius 1 is 1.17 bits per heavy atom. The lowest BCUT2D eigenvalue weighted by atomic mass is 10.1. The number of aliphatic hydroxyl groups excluding tert-OH is 1. The minimum Gasteiger partial charge on any atom is -0.497 e. The molecule has 0 aliphatic carbocycles. The van der Waals surface area contributed by atoms with E-state index in [0.717, 1.165) is 28.1 Å². The molecule has 0 amide bonds. The fourth-order valence-corrected chi connectivity index (χ4v) is 2.33. The zero-order valence-corrected chi connectivity index (χ0v) is 13.3. The van der Waals surface area contributed by atoms with Crippen LogP contribution in [0.4, 0.5) is 0 Å². The highest BCUT2D eigenvalue weighted by Gasteiger charge is 2.05. The molecular formula is C19H17N3O2. The minimum absolute atomic E-state index is 0.139. The van der Waals surface area contributed by atoms with Gasteiger partial charge in [0.15, 0.2) is 0 Å². The van der Waals surface area contributed by atoms with Crippen molar-refractivity contribution in [1.82, 2.24) is 15.0 Å². The van der Waals surface area contributed by atoms with E-state index in [1.807, 2.05) is 54.7 Å². The number of nitrogens with zero attached hydrogens (tertiary/aromatic N) is 3. The van der Waals surface area contributed by atoms with Gasteiger partial charge in [-0.05, 0) is 29.8 Å². The molecular weight excluding hydrogens is 302 g/mol. The predicted molar refractivity (Wildman–Crippen MR) is 91.5 cm³/mol. The summed E-state index contributed by atoms with van der Waals surface area (Å²) in [6.07, 6.45) is 1.91. The molecule has 3 rings (SSSR count). The molecule has 0 saturated heterocycles. The maximum absolute atomic E-state index is 8.71. The van der Waals surface area contributed by atoms with Crippen molar-refractivity contribution < 1.29 is 9.84 Å². The molecule has 0 unspecified atom stereocenters. The summed E-state index contributed by atoms with van der Waals surface area (Å²) in [5.41, 5.74) is 3.73. The Hall–Kier alpha value is -3.10. The Morgan fingerprint density at radius 2 is 2.00 bits per heavy atom. The van der Waals surface area contributed by atoms with Gasteiger partial charge in [-0.15, -0.1) is 5.10 Å². The largest absolute Gasteiger partial charge is 0.497 e. The normalized spacial score (nSPS) is 10.1. The number of rotatable bonds is 4. The third-order valence-electron chi connectivity index (χ3n) is 3.51. The second-order valence-electron chi connectivity index (χ2n) is 5.19. The highest BCUT2D eigenvalue weighted by Crippen LogP contribution is 2.18. The summed E-state index contributed by atoms with van der Waals surface area (Å²) in [6.45, 7) is 0.491. The van der Waals surface area contributed by atoms with Gasteiger partial charge >= 0.3 is 0 Å². The molecule has 5 nitrogen and oxygen atoms in total. The highest BCUT2D eigenvalue weighted by molar-refractivity contribution is 5.59. The van der Waals surface area contributed by atoms with Crippen LogP contribution in [0.1, 0.15) is 11.1 Å². The molecule has 0 saturated carbocycles. The standard InChI is InChI=1S/C19H17N3O2/c1-24-18-6-2-4-16(12-18)13-22-14-19(20-21-22)17-9-7-15(8-10-17)5-3-11-23/h2,4,6-10,12,14,23H,11,13H2,1H3. The molecule has 5 heteroatoms. The van der Waals surface area contributed by atoms with Crippen LogP contribution in [0.3, 0.4) is 0 Å². The second-order valence-corrected chi connectivity index (χ2v) is 5.19. The maximum atomic E-state index is 8.71. The van der Waals surface area contributed by atoms with Crippen molar-refractivity contribution in [2.24, 2.45) is 0 Å². The van der Waals surface area contributed by atoms with E-state index in [-0.39, 0.29) is 6.61 Å². The Balaban J connectivity index is 1.75. The van der Waals surface area contributed by atoms with E-state index >= 15 is 0 Å². The lowest BCUT2D eigenvalue weighted by Crippen LogP contribution is -2.00. The molecule has 1 N–H and O–H groups in total. The Morgan fingerprint density at radius 3 is 2.75 bits per heavy atom. The van der Waals surface area contributed by atoms with Crippen LogP contribution in [-0.2, 0) is 6.54 Å². The van der Waals surface area contributed by atoms with E-state index in [0.29, 0.717) is 6.54 Å². The van der Waals surface area contributed by atoms with Crippen LogP contribution in [0.5, 0.6) is 5.75 Å². The smallest absolute Gasteiger partial charge is 0.119 e. The van der Waals surface area contributed by atoms with E-state index in [1.165, 1.54) is 0 Å². The summed E-state index contributed by atoms with van der Waals surface area (Å²) in [4.78, 5) is 0. The van der Waals surface area contributed by atoms with Crippen molar-refractivity contribution in [2.75, 3.05) is 13.7 Å². The van der Waals surface area contributed by atoms with Gasteiger partial charge in [0.25, 0.3) is 0 Å². The van der Waals surface area contributed by atoms with Crippen molar-refractivity contribution in [3.8, 4) is 28.8 Å². The molecule has 1 aromatic heterocycles. The van der Waals surface area contributed by atoms with Crippen molar-refractivity contribution in [1.29, 1.82) is 0 Å². The lowest BCUT2D eigenvalue weighted by molar-refractivity contribution is 0.350. The molecule has 0 aliphatic rings. The van der Waals surface area contributed by atoms with Crippen molar-refractivity contribution in [2.45, 2.75) is 6.54 Å². The van der Waals surface area contributed by atoms with E-state index in [9.17, 15) is 0 Å². The molecule has 0 atom stereocenters.